The van der Waals surface area contributed by atoms with Crippen LogP contribution in [0, 0.1) is 0 Å². The van der Waals surface area contributed by atoms with E-state index in [9.17, 15) is 4.21 Å². The normalized spacial score (nSPS) is 12.6. The van der Waals surface area contributed by atoms with E-state index in [1.54, 1.807) is 6.07 Å². The van der Waals surface area contributed by atoms with Gasteiger partial charge in [-0.25, -0.2) is 4.98 Å². The molecule has 3 rings (SSSR count). The predicted octanol–water partition coefficient (Wildman–Crippen LogP) is 2.86. The Balaban J connectivity index is 1.76. The Hall–Kier alpha value is -2.14. The van der Waals surface area contributed by atoms with Crippen LogP contribution in [0.4, 0.5) is 5.69 Å². The Morgan fingerprint density at radius 1 is 1.05 bits per heavy atom. The number of para-hydroxylation sites is 1. The van der Waals surface area contributed by atoms with E-state index in [4.69, 9.17) is 10.2 Å². The molecule has 1 aromatic heterocycles. The van der Waals surface area contributed by atoms with E-state index in [1.807, 2.05) is 42.5 Å². The Morgan fingerprint density at radius 3 is 2.60 bits per heavy atom. The molecule has 0 aliphatic carbocycles. The molecule has 0 amide bonds. The second-order valence-electron chi connectivity index (χ2n) is 4.52. The molecule has 0 spiro atoms. The summed E-state index contributed by atoms with van der Waals surface area (Å²) in [5.74, 6) is 1.25. The smallest absolute Gasteiger partial charge is 0.208 e. The molecule has 5 heteroatoms. The minimum Gasteiger partial charge on any atom is -0.440 e. The number of benzene rings is 2. The molecular weight excluding hydrogens is 272 g/mol. The van der Waals surface area contributed by atoms with Crippen LogP contribution in [-0.4, -0.2) is 9.19 Å². The fraction of sp³-hybridized carbons (Fsp3) is 0.133. The van der Waals surface area contributed by atoms with Gasteiger partial charge in [0.1, 0.15) is 11.3 Å². The molecule has 2 N–H and O–H groups in total. The Morgan fingerprint density at radius 2 is 1.85 bits per heavy atom. The van der Waals surface area contributed by atoms with Crippen LogP contribution in [0.3, 0.4) is 0 Å². The first-order valence-corrected chi connectivity index (χ1v) is 7.74. The van der Waals surface area contributed by atoms with Crippen LogP contribution in [0.25, 0.3) is 11.1 Å². The van der Waals surface area contributed by atoms with Gasteiger partial charge in [0.2, 0.25) is 5.89 Å². The summed E-state index contributed by atoms with van der Waals surface area (Å²) in [4.78, 5) is 4.31. The molecule has 4 nitrogen and oxygen atoms in total. The lowest BCUT2D eigenvalue weighted by atomic mass is 10.2. The zero-order valence-corrected chi connectivity index (χ0v) is 11.6. The molecule has 0 saturated heterocycles. The largest absolute Gasteiger partial charge is 0.440 e. The van der Waals surface area contributed by atoms with Crippen molar-refractivity contribution in [2.75, 3.05) is 5.73 Å². The maximum Gasteiger partial charge on any atom is 0.208 e. The van der Waals surface area contributed by atoms with E-state index in [2.05, 4.69) is 4.98 Å². The standard InChI is InChI=1S/C15H14N2O2S/c16-12-7-4-8-13-15(12)17-14(19-13)10-20(18)9-11-5-2-1-3-6-11/h1-8H,9-10,16H2. The number of hydrogen-bond donors (Lipinski definition) is 1. The summed E-state index contributed by atoms with van der Waals surface area (Å²) in [6.45, 7) is 0. The highest BCUT2D eigenvalue weighted by Crippen LogP contribution is 2.22. The van der Waals surface area contributed by atoms with Gasteiger partial charge in [-0.05, 0) is 17.7 Å². The van der Waals surface area contributed by atoms with Gasteiger partial charge in [-0.15, -0.1) is 0 Å². The van der Waals surface area contributed by atoms with Crippen molar-refractivity contribution >= 4 is 27.6 Å². The summed E-state index contributed by atoms with van der Waals surface area (Å²) < 4.78 is 17.7. The number of nitrogens with zero attached hydrogens (tertiary/aromatic N) is 1. The van der Waals surface area contributed by atoms with Crippen LogP contribution in [0.1, 0.15) is 11.5 Å². The van der Waals surface area contributed by atoms with Crippen LogP contribution >= 0.6 is 0 Å². The average molecular weight is 286 g/mol. The lowest BCUT2D eigenvalue weighted by Crippen LogP contribution is -1.99. The number of rotatable bonds is 4. The van der Waals surface area contributed by atoms with Gasteiger partial charge in [0.05, 0.1) is 5.69 Å². The highest BCUT2D eigenvalue weighted by molar-refractivity contribution is 7.83. The molecule has 102 valence electrons. The van der Waals surface area contributed by atoms with Crippen molar-refractivity contribution in [1.29, 1.82) is 0 Å². The molecule has 0 aliphatic heterocycles. The number of hydrogen-bond acceptors (Lipinski definition) is 4. The second kappa shape index (κ2) is 5.46. The summed E-state index contributed by atoms with van der Waals surface area (Å²) in [7, 11) is -1.05. The SMILES string of the molecule is Nc1cccc2oc(CS(=O)Cc3ccccc3)nc12. The van der Waals surface area contributed by atoms with E-state index in [1.165, 1.54) is 0 Å². The molecule has 0 aliphatic rings. The van der Waals surface area contributed by atoms with E-state index in [-0.39, 0.29) is 0 Å². The summed E-state index contributed by atoms with van der Waals surface area (Å²) in [6, 6.07) is 15.1. The van der Waals surface area contributed by atoms with E-state index in [0.29, 0.717) is 34.2 Å². The van der Waals surface area contributed by atoms with Gasteiger partial charge in [-0.1, -0.05) is 36.4 Å². The van der Waals surface area contributed by atoms with Crippen LogP contribution < -0.4 is 5.73 Å². The predicted molar refractivity (Wildman–Crippen MR) is 80.4 cm³/mol. The van der Waals surface area contributed by atoms with E-state index < -0.39 is 10.8 Å². The van der Waals surface area contributed by atoms with Crippen molar-refractivity contribution in [2.24, 2.45) is 0 Å². The van der Waals surface area contributed by atoms with Gasteiger partial charge >= 0.3 is 0 Å². The number of nitrogens with two attached hydrogens (primary N) is 1. The van der Waals surface area contributed by atoms with Gasteiger partial charge in [-0.3, -0.25) is 4.21 Å². The van der Waals surface area contributed by atoms with Crippen molar-refractivity contribution < 1.29 is 8.63 Å². The summed E-state index contributed by atoms with van der Waals surface area (Å²) in [5, 5.41) is 0. The van der Waals surface area contributed by atoms with Crippen molar-refractivity contribution in [1.82, 2.24) is 4.98 Å². The Bertz CT molecular complexity index is 753. The van der Waals surface area contributed by atoms with Gasteiger partial charge in [0, 0.05) is 16.6 Å². The van der Waals surface area contributed by atoms with Gasteiger partial charge in [0.15, 0.2) is 5.58 Å². The first-order chi connectivity index (χ1) is 9.72. The highest BCUT2D eigenvalue weighted by Gasteiger charge is 2.11. The number of oxazole rings is 1. The monoisotopic (exact) mass is 286 g/mol. The summed E-state index contributed by atoms with van der Waals surface area (Å²) in [5.41, 5.74) is 8.72. The quantitative estimate of drug-likeness (QED) is 0.749. The third-order valence-corrected chi connectivity index (χ3v) is 4.17. The zero-order valence-electron chi connectivity index (χ0n) is 10.8. The molecule has 2 aromatic carbocycles. The maximum absolute atomic E-state index is 12.1. The topological polar surface area (TPSA) is 69.1 Å². The number of aromatic nitrogens is 1. The maximum atomic E-state index is 12.1. The zero-order chi connectivity index (χ0) is 13.9. The molecule has 0 saturated carbocycles. The third kappa shape index (κ3) is 2.72. The molecule has 0 radical (unpaired) electrons. The van der Waals surface area contributed by atoms with Crippen LogP contribution in [0.5, 0.6) is 0 Å². The number of fused-ring (bicyclic) bond motifs is 1. The van der Waals surface area contributed by atoms with Gasteiger partial charge in [-0.2, -0.15) is 0 Å². The van der Waals surface area contributed by atoms with E-state index in [0.717, 1.165) is 5.56 Å². The molecule has 1 atom stereocenters. The number of nitrogen functional groups attached to an aromatic ring is 1. The van der Waals surface area contributed by atoms with Crippen LogP contribution in [0.15, 0.2) is 52.9 Å². The minimum absolute atomic E-state index is 0.295. The minimum atomic E-state index is -1.05. The second-order valence-corrected chi connectivity index (χ2v) is 5.97. The molecule has 3 aromatic rings. The first-order valence-electron chi connectivity index (χ1n) is 6.25. The molecule has 1 heterocycles. The summed E-state index contributed by atoms with van der Waals surface area (Å²) in [6.07, 6.45) is 0. The molecule has 0 fully saturated rings. The molecule has 1 unspecified atom stereocenters. The molecule has 0 bridgehead atoms. The van der Waals surface area contributed by atoms with Crippen molar-refractivity contribution in [3.05, 3.63) is 60.0 Å². The lowest BCUT2D eigenvalue weighted by molar-refractivity contribution is 0.552. The third-order valence-electron chi connectivity index (χ3n) is 2.95. The van der Waals surface area contributed by atoms with Crippen LogP contribution in [0.2, 0.25) is 0 Å². The fourth-order valence-electron chi connectivity index (χ4n) is 2.03. The lowest BCUT2D eigenvalue weighted by Gasteiger charge is -1.99. The highest BCUT2D eigenvalue weighted by atomic mass is 32.2. The fourth-order valence-corrected chi connectivity index (χ4v) is 3.09. The number of anilines is 1. The summed E-state index contributed by atoms with van der Waals surface area (Å²) >= 11 is 0. The van der Waals surface area contributed by atoms with Crippen LogP contribution in [-0.2, 0) is 22.3 Å². The average Bonchev–Trinajstić information content (AvgIpc) is 2.83. The van der Waals surface area contributed by atoms with E-state index >= 15 is 0 Å². The van der Waals surface area contributed by atoms with Crippen molar-refractivity contribution in [3.63, 3.8) is 0 Å². The van der Waals surface area contributed by atoms with Gasteiger partial charge < -0.3 is 10.2 Å². The Kier molecular flexibility index (Phi) is 3.52. The van der Waals surface area contributed by atoms with Crippen molar-refractivity contribution in [3.8, 4) is 0 Å². The molecular formula is C15H14N2O2S. The van der Waals surface area contributed by atoms with Crippen molar-refractivity contribution in [2.45, 2.75) is 11.5 Å². The Labute approximate surface area is 119 Å². The molecule has 20 heavy (non-hydrogen) atoms. The van der Waals surface area contributed by atoms with Gasteiger partial charge in [0.25, 0.3) is 0 Å². The first kappa shape index (κ1) is 12.9.